The van der Waals surface area contributed by atoms with Crippen molar-refractivity contribution in [3.8, 4) is 0 Å². The lowest BCUT2D eigenvalue weighted by Gasteiger charge is -2.16. The van der Waals surface area contributed by atoms with Gasteiger partial charge in [0.1, 0.15) is 17.3 Å². The average Bonchev–Trinajstić information content (AvgIpc) is 2.85. The predicted molar refractivity (Wildman–Crippen MR) is 87.4 cm³/mol. The van der Waals surface area contributed by atoms with Gasteiger partial charge in [0.2, 0.25) is 0 Å². The monoisotopic (exact) mass is 365 g/mol. The van der Waals surface area contributed by atoms with Gasteiger partial charge in [-0.2, -0.15) is 19.6 Å². The zero-order valence-corrected chi connectivity index (χ0v) is 14.1. The van der Waals surface area contributed by atoms with Crippen molar-refractivity contribution < 1.29 is 0 Å². The molecule has 3 rings (SSSR count). The molecule has 2 aromatic heterocycles. The number of rotatable bonds is 2. The molecule has 7 heteroatoms. The van der Waals surface area contributed by atoms with Gasteiger partial charge in [-0.25, -0.2) is 0 Å². The van der Waals surface area contributed by atoms with Gasteiger partial charge in [-0.15, -0.1) is 0 Å². The number of hydrogen-bond donors (Lipinski definition) is 1. The van der Waals surface area contributed by atoms with Crippen LogP contribution in [0.3, 0.4) is 0 Å². The molecule has 0 aliphatic carbocycles. The highest BCUT2D eigenvalue weighted by Gasteiger charge is 2.14. The Bertz CT molecular complexity index is 820. The van der Waals surface area contributed by atoms with E-state index in [4.69, 9.17) is 11.6 Å². The lowest BCUT2D eigenvalue weighted by Crippen LogP contribution is -2.07. The van der Waals surface area contributed by atoms with Gasteiger partial charge >= 0.3 is 0 Å². The van der Waals surface area contributed by atoms with E-state index < -0.39 is 0 Å². The summed E-state index contributed by atoms with van der Waals surface area (Å²) < 4.78 is 2.71. The van der Waals surface area contributed by atoms with E-state index in [1.165, 1.54) is 6.33 Å². The van der Waals surface area contributed by atoms with Crippen LogP contribution in [0.1, 0.15) is 16.7 Å². The number of fused-ring (bicyclic) bond motifs is 1. The molecule has 0 bridgehead atoms. The highest BCUT2D eigenvalue weighted by molar-refractivity contribution is 9.10. The molecule has 0 spiro atoms. The van der Waals surface area contributed by atoms with Gasteiger partial charge in [0, 0.05) is 15.7 Å². The van der Waals surface area contributed by atoms with Crippen LogP contribution in [-0.4, -0.2) is 19.6 Å². The lowest BCUT2D eigenvalue weighted by atomic mass is 10.1. The Balaban J connectivity index is 2.19. The molecule has 1 aromatic carbocycles. The Labute approximate surface area is 135 Å². The normalized spacial score (nSPS) is 11.1. The third-order valence-electron chi connectivity index (χ3n) is 3.35. The maximum absolute atomic E-state index is 6.18. The Hall–Kier alpha value is -1.66. The van der Waals surface area contributed by atoms with Gasteiger partial charge < -0.3 is 5.32 Å². The molecule has 0 amide bonds. The SMILES string of the molecule is Cc1cc(Br)cc(C)c1Nc1c(C)c(Cl)nc2ncnn12. The Morgan fingerprint density at radius 3 is 2.52 bits per heavy atom. The van der Waals surface area contributed by atoms with Crippen molar-refractivity contribution in [2.24, 2.45) is 0 Å². The molecular formula is C14H13BrClN5. The molecule has 1 N–H and O–H groups in total. The largest absolute Gasteiger partial charge is 0.339 e. The fourth-order valence-electron chi connectivity index (χ4n) is 2.27. The zero-order valence-electron chi connectivity index (χ0n) is 11.8. The molecule has 0 unspecified atom stereocenters. The summed E-state index contributed by atoms with van der Waals surface area (Å²) in [5.74, 6) is 1.25. The first-order chi connectivity index (χ1) is 9.97. The summed E-state index contributed by atoms with van der Waals surface area (Å²) in [6.45, 7) is 6.01. The minimum atomic E-state index is 0.422. The topological polar surface area (TPSA) is 55.1 Å². The Morgan fingerprint density at radius 1 is 1.19 bits per heavy atom. The van der Waals surface area contributed by atoms with Crippen molar-refractivity contribution in [3.05, 3.63) is 44.8 Å². The number of aryl methyl sites for hydroxylation is 2. The average molecular weight is 367 g/mol. The molecule has 0 aliphatic heterocycles. The molecule has 2 heterocycles. The van der Waals surface area contributed by atoms with Crippen LogP contribution in [0.15, 0.2) is 22.9 Å². The molecule has 0 aliphatic rings. The summed E-state index contributed by atoms with van der Waals surface area (Å²) in [5.41, 5.74) is 4.11. The number of benzene rings is 1. The summed E-state index contributed by atoms with van der Waals surface area (Å²) in [6.07, 6.45) is 1.46. The summed E-state index contributed by atoms with van der Waals surface area (Å²) in [5, 5.41) is 8.05. The van der Waals surface area contributed by atoms with Crippen molar-refractivity contribution in [3.63, 3.8) is 0 Å². The summed E-state index contributed by atoms with van der Waals surface area (Å²) in [6, 6.07) is 4.12. The first-order valence-electron chi connectivity index (χ1n) is 6.37. The second-order valence-corrected chi connectivity index (χ2v) is 6.16. The van der Waals surface area contributed by atoms with Crippen LogP contribution in [0, 0.1) is 20.8 Å². The number of aromatic nitrogens is 4. The smallest absolute Gasteiger partial charge is 0.255 e. The van der Waals surface area contributed by atoms with Gasteiger partial charge in [0.15, 0.2) is 0 Å². The fraction of sp³-hybridized carbons (Fsp3) is 0.214. The number of nitrogens with zero attached hydrogens (tertiary/aromatic N) is 4. The van der Waals surface area contributed by atoms with E-state index in [0.717, 1.165) is 32.7 Å². The van der Waals surface area contributed by atoms with Crippen molar-refractivity contribution in [1.29, 1.82) is 0 Å². The molecule has 0 saturated carbocycles. The molecular weight excluding hydrogens is 354 g/mol. The highest BCUT2D eigenvalue weighted by Crippen LogP contribution is 2.30. The second-order valence-electron chi connectivity index (χ2n) is 4.89. The number of hydrogen-bond acceptors (Lipinski definition) is 4. The number of halogens is 2. The van der Waals surface area contributed by atoms with Crippen molar-refractivity contribution in [1.82, 2.24) is 19.6 Å². The minimum absolute atomic E-state index is 0.422. The van der Waals surface area contributed by atoms with Gasteiger partial charge in [-0.3, -0.25) is 0 Å². The highest BCUT2D eigenvalue weighted by atomic mass is 79.9. The third-order valence-corrected chi connectivity index (χ3v) is 4.17. The maximum Gasteiger partial charge on any atom is 0.255 e. The van der Waals surface area contributed by atoms with E-state index in [1.807, 2.05) is 6.92 Å². The van der Waals surface area contributed by atoms with Crippen LogP contribution in [0.25, 0.3) is 5.78 Å². The molecule has 0 fully saturated rings. The van der Waals surface area contributed by atoms with E-state index in [9.17, 15) is 0 Å². The summed E-state index contributed by atoms with van der Waals surface area (Å²) >= 11 is 9.69. The molecule has 0 atom stereocenters. The van der Waals surface area contributed by atoms with Crippen molar-refractivity contribution in [2.45, 2.75) is 20.8 Å². The van der Waals surface area contributed by atoms with E-state index in [-0.39, 0.29) is 0 Å². The van der Waals surface area contributed by atoms with E-state index in [1.54, 1.807) is 4.52 Å². The molecule has 108 valence electrons. The summed E-state index contributed by atoms with van der Waals surface area (Å²) in [4.78, 5) is 8.29. The van der Waals surface area contributed by atoms with E-state index >= 15 is 0 Å². The first-order valence-corrected chi connectivity index (χ1v) is 7.54. The minimum Gasteiger partial charge on any atom is -0.339 e. The van der Waals surface area contributed by atoms with Crippen LogP contribution in [0.2, 0.25) is 5.15 Å². The predicted octanol–water partition coefficient (Wildman–Crippen LogP) is 4.21. The quantitative estimate of drug-likeness (QED) is 0.690. The molecule has 21 heavy (non-hydrogen) atoms. The molecule has 5 nitrogen and oxygen atoms in total. The van der Waals surface area contributed by atoms with E-state index in [0.29, 0.717) is 10.9 Å². The summed E-state index contributed by atoms with van der Waals surface area (Å²) in [7, 11) is 0. The molecule has 0 saturated heterocycles. The first kappa shape index (κ1) is 14.3. The van der Waals surface area contributed by atoms with Crippen molar-refractivity contribution in [2.75, 3.05) is 5.32 Å². The Morgan fingerprint density at radius 2 is 1.86 bits per heavy atom. The third kappa shape index (κ3) is 2.49. The maximum atomic E-state index is 6.18. The standard InChI is InChI=1S/C14H13BrClN5/c1-7-4-10(15)5-8(2)11(7)19-13-9(3)12(16)20-14-17-6-18-21(13)14/h4-6,19H,1-3H3. The Kier molecular flexibility index (Phi) is 3.59. The van der Waals surface area contributed by atoms with Crippen LogP contribution < -0.4 is 5.32 Å². The van der Waals surface area contributed by atoms with Gasteiger partial charge in [0.05, 0.1) is 0 Å². The van der Waals surface area contributed by atoms with Crippen LogP contribution in [0.5, 0.6) is 0 Å². The van der Waals surface area contributed by atoms with Gasteiger partial charge in [-0.05, 0) is 44.0 Å². The van der Waals surface area contributed by atoms with Crippen LogP contribution >= 0.6 is 27.5 Å². The lowest BCUT2D eigenvalue weighted by molar-refractivity contribution is 0.935. The van der Waals surface area contributed by atoms with Gasteiger partial charge in [0.25, 0.3) is 5.78 Å². The van der Waals surface area contributed by atoms with Crippen LogP contribution in [-0.2, 0) is 0 Å². The fourth-order valence-corrected chi connectivity index (χ4v) is 3.12. The number of nitrogens with one attached hydrogen (secondary N) is 1. The zero-order chi connectivity index (χ0) is 15.1. The molecule has 0 radical (unpaired) electrons. The second kappa shape index (κ2) is 5.27. The number of anilines is 2. The van der Waals surface area contributed by atoms with Gasteiger partial charge in [-0.1, -0.05) is 27.5 Å². The molecule has 3 aromatic rings. The van der Waals surface area contributed by atoms with Crippen molar-refractivity contribution >= 4 is 44.8 Å². The van der Waals surface area contributed by atoms with E-state index in [2.05, 4.69) is 62.3 Å². The van der Waals surface area contributed by atoms with Crippen LogP contribution in [0.4, 0.5) is 11.5 Å².